The lowest BCUT2D eigenvalue weighted by atomic mass is 10.2. The van der Waals surface area contributed by atoms with E-state index in [9.17, 15) is 13.2 Å². The van der Waals surface area contributed by atoms with E-state index in [4.69, 9.17) is 5.26 Å². The lowest BCUT2D eigenvalue weighted by Gasteiger charge is -2.09. The van der Waals surface area contributed by atoms with Crippen LogP contribution in [0.2, 0.25) is 0 Å². The smallest absolute Gasteiger partial charge is 0.275 e. The van der Waals surface area contributed by atoms with E-state index in [2.05, 4.69) is 19.8 Å². The van der Waals surface area contributed by atoms with Gasteiger partial charge in [0.2, 0.25) is 0 Å². The molecular formula is C16H16N6O3S. The van der Waals surface area contributed by atoms with Gasteiger partial charge in [0, 0.05) is 6.42 Å². The van der Waals surface area contributed by atoms with Crippen molar-refractivity contribution in [2.24, 2.45) is 0 Å². The zero-order valence-corrected chi connectivity index (χ0v) is 15.0. The van der Waals surface area contributed by atoms with Gasteiger partial charge in [-0.25, -0.2) is 13.4 Å². The minimum absolute atomic E-state index is 0.114. The molecule has 2 aromatic heterocycles. The van der Waals surface area contributed by atoms with Crippen molar-refractivity contribution in [1.82, 2.24) is 19.6 Å². The molecule has 0 bridgehead atoms. The van der Waals surface area contributed by atoms with E-state index < -0.39 is 15.6 Å². The quantitative estimate of drug-likeness (QED) is 0.694. The number of hydrogen-bond donors (Lipinski definition) is 2. The van der Waals surface area contributed by atoms with Gasteiger partial charge in [0.15, 0.2) is 0 Å². The third kappa shape index (κ3) is 3.16. The van der Waals surface area contributed by atoms with Gasteiger partial charge in [-0.1, -0.05) is 13.0 Å². The Labute approximate surface area is 149 Å². The van der Waals surface area contributed by atoms with Gasteiger partial charge in [0.05, 0.1) is 22.2 Å². The maximum atomic E-state index is 12.7. The van der Waals surface area contributed by atoms with E-state index in [0.29, 0.717) is 12.2 Å². The van der Waals surface area contributed by atoms with Crippen molar-refractivity contribution in [3.05, 3.63) is 51.7 Å². The number of hydrogen-bond acceptors (Lipinski definition) is 6. The van der Waals surface area contributed by atoms with E-state index in [1.807, 2.05) is 13.0 Å². The third-order valence-electron chi connectivity index (χ3n) is 3.72. The molecule has 3 rings (SSSR count). The summed E-state index contributed by atoms with van der Waals surface area (Å²) in [5, 5.41) is 11.8. The number of nitrogens with zero attached hydrogens (tertiary/aromatic N) is 4. The molecule has 0 aliphatic rings. The maximum absolute atomic E-state index is 12.7. The number of fused-ring (bicyclic) bond motifs is 1. The number of benzene rings is 1. The largest absolute Gasteiger partial charge is 0.298 e. The van der Waals surface area contributed by atoms with Crippen LogP contribution in [0.25, 0.3) is 5.78 Å². The number of sulfonamides is 1. The molecule has 2 N–H and O–H groups in total. The minimum atomic E-state index is -4.05. The van der Waals surface area contributed by atoms with Crippen molar-refractivity contribution in [2.45, 2.75) is 31.6 Å². The van der Waals surface area contributed by atoms with Crippen LogP contribution in [0.1, 0.15) is 30.4 Å². The molecule has 2 heterocycles. The molecule has 9 nitrogen and oxygen atoms in total. The first-order chi connectivity index (χ1) is 12.4. The molecule has 1 aromatic carbocycles. The van der Waals surface area contributed by atoms with Crippen molar-refractivity contribution in [3.63, 3.8) is 0 Å². The zero-order chi connectivity index (χ0) is 18.9. The van der Waals surface area contributed by atoms with E-state index in [-0.39, 0.29) is 27.6 Å². The fourth-order valence-electron chi connectivity index (χ4n) is 2.46. The fourth-order valence-corrected chi connectivity index (χ4v) is 3.62. The number of rotatable bonds is 5. The fraction of sp³-hybridized carbons (Fsp3) is 0.250. The molecule has 0 saturated carbocycles. The summed E-state index contributed by atoms with van der Waals surface area (Å²) < 4.78 is 28.6. The molecule has 134 valence electrons. The molecule has 0 atom stereocenters. The Balaban J connectivity index is 2.07. The van der Waals surface area contributed by atoms with Crippen molar-refractivity contribution < 1.29 is 8.42 Å². The van der Waals surface area contributed by atoms with Crippen LogP contribution in [-0.2, 0) is 16.4 Å². The first kappa shape index (κ1) is 17.6. The van der Waals surface area contributed by atoms with E-state index in [1.165, 1.54) is 31.2 Å². The summed E-state index contributed by atoms with van der Waals surface area (Å²) in [6.07, 6.45) is 1.48. The second-order valence-electron chi connectivity index (χ2n) is 5.68. The Morgan fingerprint density at radius 3 is 2.81 bits per heavy atom. The highest BCUT2D eigenvalue weighted by molar-refractivity contribution is 7.92. The molecule has 0 aliphatic heterocycles. The Bertz CT molecular complexity index is 1190. The van der Waals surface area contributed by atoms with Crippen molar-refractivity contribution in [3.8, 4) is 6.07 Å². The molecule has 0 radical (unpaired) electrons. The van der Waals surface area contributed by atoms with Gasteiger partial charge in [-0.15, -0.1) is 0 Å². The number of aromatic nitrogens is 4. The first-order valence-electron chi connectivity index (χ1n) is 7.87. The monoisotopic (exact) mass is 372 g/mol. The molecule has 0 saturated heterocycles. The number of nitrogens with one attached hydrogen (secondary N) is 2. The Kier molecular flexibility index (Phi) is 4.48. The molecular weight excluding hydrogens is 356 g/mol. The van der Waals surface area contributed by atoms with Crippen molar-refractivity contribution in [2.75, 3.05) is 4.72 Å². The molecule has 0 unspecified atom stereocenters. The summed E-state index contributed by atoms with van der Waals surface area (Å²) in [6, 6.07) is 7.41. The summed E-state index contributed by atoms with van der Waals surface area (Å²) in [5.41, 5.74) is -0.351. The van der Waals surface area contributed by atoms with Crippen LogP contribution in [0, 0.1) is 18.3 Å². The first-order valence-corrected chi connectivity index (χ1v) is 9.35. The normalized spacial score (nSPS) is 11.4. The number of nitriles is 1. The van der Waals surface area contributed by atoms with Crippen molar-refractivity contribution >= 4 is 21.5 Å². The van der Waals surface area contributed by atoms with Gasteiger partial charge in [-0.2, -0.15) is 14.8 Å². The maximum Gasteiger partial charge on any atom is 0.298 e. The van der Waals surface area contributed by atoms with E-state index >= 15 is 0 Å². The van der Waals surface area contributed by atoms with Crippen LogP contribution in [0.4, 0.5) is 5.69 Å². The van der Waals surface area contributed by atoms with Gasteiger partial charge < -0.3 is 0 Å². The molecule has 0 aliphatic carbocycles. The minimum Gasteiger partial charge on any atom is -0.275 e. The summed E-state index contributed by atoms with van der Waals surface area (Å²) in [5.74, 6) is 0.781. The lowest BCUT2D eigenvalue weighted by molar-refractivity contribution is 0.601. The highest BCUT2D eigenvalue weighted by Crippen LogP contribution is 2.17. The van der Waals surface area contributed by atoms with Crippen LogP contribution in [-0.4, -0.2) is 28.0 Å². The Hall–Kier alpha value is -3.19. The highest BCUT2D eigenvalue weighted by atomic mass is 32.2. The lowest BCUT2D eigenvalue weighted by Crippen LogP contribution is -2.25. The van der Waals surface area contributed by atoms with E-state index in [1.54, 1.807) is 0 Å². The Morgan fingerprint density at radius 2 is 2.12 bits per heavy atom. The van der Waals surface area contributed by atoms with Gasteiger partial charge in [-0.3, -0.25) is 14.6 Å². The van der Waals surface area contributed by atoms with Crippen LogP contribution < -0.4 is 10.3 Å². The topological polar surface area (TPSA) is 133 Å². The summed E-state index contributed by atoms with van der Waals surface area (Å²) in [6.45, 7) is 3.50. The molecule has 10 heteroatoms. The molecule has 3 aromatic rings. The van der Waals surface area contributed by atoms with Crippen LogP contribution in [0.5, 0.6) is 0 Å². The summed E-state index contributed by atoms with van der Waals surface area (Å²) in [4.78, 5) is 21.0. The van der Waals surface area contributed by atoms with E-state index in [0.717, 1.165) is 10.9 Å². The second-order valence-corrected chi connectivity index (χ2v) is 7.36. The second kappa shape index (κ2) is 6.61. The third-order valence-corrected chi connectivity index (χ3v) is 5.07. The number of anilines is 1. The highest BCUT2D eigenvalue weighted by Gasteiger charge is 2.20. The van der Waals surface area contributed by atoms with Crippen molar-refractivity contribution in [1.29, 1.82) is 5.26 Å². The number of H-pyrrole nitrogens is 1. The van der Waals surface area contributed by atoms with Crippen LogP contribution in [0.15, 0.2) is 34.0 Å². The van der Waals surface area contributed by atoms with Gasteiger partial charge >= 0.3 is 0 Å². The van der Waals surface area contributed by atoms with Crippen LogP contribution in [0.3, 0.4) is 0 Å². The van der Waals surface area contributed by atoms with Gasteiger partial charge in [0.1, 0.15) is 11.5 Å². The zero-order valence-electron chi connectivity index (χ0n) is 14.1. The average Bonchev–Trinajstić information content (AvgIpc) is 3.01. The molecule has 0 amide bonds. The SMILES string of the molecule is CCCc1nc2nc(C)c(NS(=O)(=O)c3cccc(C#N)c3)c(=O)n2[nH]1. The number of aryl methyl sites for hydroxylation is 2. The predicted molar refractivity (Wildman–Crippen MR) is 94.3 cm³/mol. The van der Waals surface area contributed by atoms with Gasteiger partial charge in [0.25, 0.3) is 21.4 Å². The Morgan fingerprint density at radius 1 is 1.35 bits per heavy atom. The predicted octanol–water partition coefficient (Wildman–Crippen LogP) is 1.35. The molecule has 0 spiro atoms. The summed E-state index contributed by atoms with van der Waals surface area (Å²) >= 11 is 0. The summed E-state index contributed by atoms with van der Waals surface area (Å²) in [7, 11) is -4.05. The number of aromatic amines is 1. The van der Waals surface area contributed by atoms with Gasteiger partial charge in [-0.05, 0) is 31.5 Å². The standard InChI is InChI=1S/C16H16N6O3S/c1-3-5-13-19-16-18-10(2)14(15(23)22(16)20-13)21-26(24,25)12-7-4-6-11(8-12)9-17/h4,6-8,21H,3,5H2,1-2H3,(H,18,19,20). The molecule has 0 fully saturated rings. The molecule has 26 heavy (non-hydrogen) atoms. The average molecular weight is 372 g/mol. The van der Waals surface area contributed by atoms with Crippen LogP contribution >= 0.6 is 0 Å².